The van der Waals surface area contributed by atoms with Crippen LogP contribution in [0.1, 0.15) is 42.7 Å². The van der Waals surface area contributed by atoms with Gasteiger partial charge in [-0.05, 0) is 54.7 Å². The molecule has 4 rings (SSSR count). The van der Waals surface area contributed by atoms with Gasteiger partial charge in [-0.2, -0.15) is 0 Å². The molecule has 0 fully saturated rings. The first kappa shape index (κ1) is 24.2. The second-order valence-electron chi connectivity index (χ2n) is 8.58. The van der Waals surface area contributed by atoms with Gasteiger partial charge < -0.3 is 14.2 Å². The number of ketones is 1. The second kappa shape index (κ2) is 10.5. The molecular formula is C27H28ClNO5. The SMILES string of the molecule is COCCOC(=O)C1C(C)=NC2=C(C(=O)C[C@H](c3ccc(OC)cc3)C2)[C@H]1c1ccc(Cl)cc1. The quantitative estimate of drug-likeness (QED) is 0.405. The monoisotopic (exact) mass is 481 g/mol. The van der Waals surface area contributed by atoms with Gasteiger partial charge in [0.15, 0.2) is 5.78 Å². The molecule has 1 unspecified atom stereocenters. The van der Waals surface area contributed by atoms with E-state index in [1.165, 1.54) is 0 Å². The Morgan fingerprint density at radius 2 is 1.68 bits per heavy atom. The van der Waals surface area contributed by atoms with E-state index in [1.54, 1.807) is 26.4 Å². The molecule has 0 bridgehead atoms. The van der Waals surface area contributed by atoms with Crippen molar-refractivity contribution in [3.63, 3.8) is 0 Å². The van der Waals surface area contributed by atoms with Gasteiger partial charge >= 0.3 is 5.97 Å². The van der Waals surface area contributed by atoms with Gasteiger partial charge in [0, 0.05) is 41.5 Å². The van der Waals surface area contributed by atoms with Crippen LogP contribution in [0, 0.1) is 5.92 Å². The molecule has 0 radical (unpaired) electrons. The highest BCUT2D eigenvalue weighted by Gasteiger charge is 2.44. The number of carbonyl (C=O) groups excluding carboxylic acids is 2. The fourth-order valence-electron chi connectivity index (χ4n) is 4.82. The summed E-state index contributed by atoms with van der Waals surface area (Å²) in [6.07, 6.45) is 0.982. The highest BCUT2D eigenvalue weighted by atomic mass is 35.5. The summed E-state index contributed by atoms with van der Waals surface area (Å²) in [4.78, 5) is 31.5. The largest absolute Gasteiger partial charge is 0.497 e. The van der Waals surface area contributed by atoms with Gasteiger partial charge in [-0.25, -0.2) is 0 Å². The lowest BCUT2D eigenvalue weighted by molar-refractivity contribution is -0.147. The van der Waals surface area contributed by atoms with Gasteiger partial charge in [0.05, 0.1) is 13.7 Å². The lowest BCUT2D eigenvalue weighted by Crippen LogP contribution is -2.38. The number of methoxy groups -OCH3 is 2. The average molecular weight is 482 g/mol. The number of benzene rings is 2. The maximum Gasteiger partial charge on any atom is 0.315 e. The van der Waals surface area contributed by atoms with E-state index in [9.17, 15) is 9.59 Å². The molecule has 7 heteroatoms. The van der Waals surface area contributed by atoms with E-state index >= 15 is 0 Å². The van der Waals surface area contributed by atoms with Crippen LogP contribution in [0.5, 0.6) is 5.75 Å². The highest BCUT2D eigenvalue weighted by molar-refractivity contribution is 6.30. The van der Waals surface area contributed by atoms with Gasteiger partial charge in [-0.1, -0.05) is 35.9 Å². The zero-order chi connectivity index (χ0) is 24.2. The third-order valence-corrected chi connectivity index (χ3v) is 6.74. The van der Waals surface area contributed by atoms with Crippen LogP contribution in [0.15, 0.2) is 64.8 Å². The number of halogens is 1. The smallest absolute Gasteiger partial charge is 0.315 e. The Bertz CT molecular complexity index is 1120. The zero-order valence-electron chi connectivity index (χ0n) is 19.5. The standard InChI is InChI=1S/C27H28ClNO5/c1-16-24(27(31)34-13-12-32-2)25(18-4-8-20(28)9-5-18)26-22(29-16)14-19(15-23(26)30)17-6-10-21(33-3)11-7-17/h4-11,19,24-25H,12-15H2,1-3H3/t19-,24?,25+/m1/s1. The predicted octanol–water partition coefficient (Wildman–Crippen LogP) is 5.11. The Morgan fingerprint density at radius 3 is 2.32 bits per heavy atom. The van der Waals surface area contributed by atoms with E-state index < -0.39 is 17.8 Å². The lowest BCUT2D eigenvalue weighted by Gasteiger charge is -2.36. The van der Waals surface area contributed by atoms with Crippen LogP contribution in [0.3, 0.4) is 0 Å². The summed E-state index contributed by atoms with van der Waals surface area (Å²) in [5.74, 6) is -0.759. The molecule has 0 N–H and O–H groups in total. The number of ether oxygens (including phenoxy) is 3. The normalized spacial score (nSPS) is 22.2. The Balaban J connectivity index is 1.72. The number of allylic oxidation sites excluding steroid dienone is 2. The summed E-state index contributed by atoms with van der Waals surface area (Å²) in [6, 6.07) is 15.1. The Labute approximate surface area is 204 Å². The van der Waals surface area contributed by atoms with E-state index in [0.29, 0.717) is 35.8 Å². The molecule has 1 aliphatic heterocycles. The van der Waals surface area contributed by atoms with Crippen molar-refractivity contribution >= 4 is 29.1 Å². The van der Waals surface area contributed by atoms with Crippen molar-refractivity contribution in [2.24, 2.45) is 10.9 Å². The van der Waals surface area contributed by atoms with Crippen LogP contribution in [-0.2, 0) is 19.1 Å². The molecule has 0 saturated carbocycles. The number of Topliss-reactive ketones (excluding diaryl/α,β-unsaturated/α-hetero) is 1. The predicted molar refractivity (Wildman–Crippen MR) is 131 cm³/mol. The minimum Gasteiger partial charge on any atom is -0.497 e. The van der Waals surface area contributed by atoms with Gasteiger partial charge in [0.25, 0.3) is 0 Å². The Hall–Kier alpha value is -2.96. The van der Waals surface area contributed by atoms with Crippen LogP contribution in [-0.4, -0.2) is 44.9 Å². The van der Waals surface area contributed by atoms with E-state index in [-0.39, 0.29) is 18.3 Å². The number of nitrogens with zero attached hydrogens (tertiary/aromatic N) is 1. The molecule has 0 aromatic heterocycles. The van der Waals surface area contributed by atoms with Crippen LogP contribution in [0.25, 0.3) is 0 Å². The zero-order valence-corrected chi connectivity index (χ0v) is 20.3. The molecule has 0 amide bonds. The molecule has 34 heavy (non-hydrogen) atoms. The van der Waals surface area contributed by atoms with Crippen LogP contribution >= 0.6 is 11.6 Å². The summed E-state index contributed by atoms with van der Waals surface area (Å²) in [7, 11) is 3.18. The van der Waals surface area contributed by atoms with Crippen molar-refractivity contribution in [2.45, 2.75) is 31.6 Å². The van der Waals surface area contributed by atoms with E-state index in [4.69, 9.17) is 30.8 Å². The average Bonchev–Trinajstić information content (AvgIpc) is 2.83. The number of hydrogen-bond acceptors (Lipinski definition) is 6. The Morgan fingerprint density at radius 1 is 1.00 bits per heavy atom. The molecule has 6 nitrogen and oxygen atoms in total. The van der Waals surface area contributed by atoms with Gasteiger partial charge in [-0.3, -0.25) is 14.6 Å². The molecule has 3 atom stereocenters. The first-order valence-corrected chi connectivity index (χ1v) is 11.7. The van der Waals surface area contributed by atoms with Crippen LogP contribution in [0.2, 0.25) is 5.02 Å². The van der Waals surface area contributed by atoms with Gasteiger partial charge in [0.2, 0.25) is 0 Å². The number of aliphatic imine (C=N–C) groups is 1. The number of carbonyl (C=O) groups is 2. The van der Waals surface area contributed by atoms with Crippen molar-refractivity contribution < 1.29 is 23.8 Å². The van der Waals surface area contributed by atoms with E-state index in [1.807, 2.05) is 43.3 Å². The fourth-order valence-corrected chi connectivity index (χ4v) is 4.95. The molecule has 1 aliphatic carbocycles. The minimum atomic E-state index is -0.682. The molecular weight excluding hydrogens is 454 g/mol. The fraction of sp³-hybridized carbons (Fsp3) is 0.370. The maximum atomic E-state index is 13.6. The van der Waals surface area contributed by atoms with E-state index in [0.717, 1.165) is 22.6 Å². The highest BCUT2D eigenvalue weighted by Crippen LogP contribution is 2.47. The topological polar surface area (TPSA) is 74.2 Å². The summed E-state index contributed by atoms with van der Waals surface area (Å²) < 4.78 is 15.7. The molecule has 2 aromatic rings. The molecule has 178 valence electrons. The second-order valence-corrected chi connectivity index (χ2v) is 9.02. The number of esters is 1. The molecule has 0 spiro atoms. The van der Waals surface area contributed by atoms with Gasteiger partial charge in [0.1, 0.15) is 18.3 Å². The van der Waals surface area contributed by atoms with Gasteiger partial charge in [-0.15, -0.1) is 0 Å². The first-order chi connectivity index (χ1) is 16.4. The first-order valence-electron chi connectivity index (χ1n) is 11.3. The minimum absolute atomic E-state index is 0.00737. The van der Waals surface area contributed by atoms with E-state index in [2.05, 4.69) is 0 Å². The molecule has 0 saturated heterocycles. The Kier molecular flexibility index (Phi) is 7.49. The van der Waals surface area contributed by atoms with Crippen LogP contribution < -0.4 is 4.74 Å². The summed E-state index contributed by atoms with van der Waals surface area (Å²) >= 11 is 6.12. The van der Waals surface area contributed by atoms with Crippen LogP contribution in [0.4, 0.5) is 0 Å². The third-order valence-electron chi connectivity index (χ3n) is 6.49. The van der Waals surface area contributed by atoms with Crippen molar-refractivity contribution in [1.82, 2.24) is 0 Å². The molecule has 2 aliphatic rings. The number of hydrogen-bond donors (Lipinski definition) is 0. The molecule has 1 heterocycles. The van der Waals surface area contributed by atoms with Crippen molar-refractivity contribution in [3.8, 4) is 5.75 Å². The third kappa shape index (κ3) is 4.93. The maximum absolute atomic E-state index is 13.6. The van der Waals surface area contributed by atoms with Crippen molar-refractivity contribution in [1.29, 1.82) is 0 Å². The summed E-state index contributed by atoms with van der Waals surface area (Å²) in [5.41, 5.74) is 3.90. The van der Waals surface area contributed by atoms with Crippen molar-refractivity contribution in [2.75, 3.05) is 27.4 Å². The van der Waals surface area contributed by atoms with Crippen molar-refractivity contribution in [3.05, 3.63) is 76.0 Å². The number of rotatable bonds is 7. The lowest BCUT2D eigenvalue weighted by atomic mass is 9.69. The molecule has 2 aromatic carbocycles. The summed E-state index contributed by atoms with van der Waals surface area (Å²) in [6.45, 7) is 2.28. The summed E-state index contributed by atoms with van der Waals surface area (Å²) in [5, 5.41) is 0.591.